The van der Waals surface area contributed by atoms with Crippen LogP contribution in [0.2, 0.25) is 5.02 Å². The standard InChI is InChI=1S/C13H13ClN2O4/c14-9-3-1-8(2-4-9)7-16-12(19)10(15-13(16)20)5-6-11(17)18/h1-4,10H,5-7H2,(H,15,20)(H,17,18)/t10-/m0/s1. The van der Waals surface area contributed by atoms with Crippen molar-refractivity contribution in [3.05, 3.63) is 34.9 Å². The first-order valence-electron chi connectivity index (χ1n) is 6.05. The summed E-state index contributed by atoms with van der Waals surface area (Å²) in [6.07, 6.45) is -0.0670. The van der Waals surface area contributed by atoms with E-state index in [1.54, 1.807) is 24.3 Å². The van der Waals surface area contributed by atoms with E-state index >= 15 is 0 Å². The summed E-state index contributed by atoms with van der Waals surface area (Å²) in [7, 11) is 0. The van der Waals surface area contributed by atoms with Crippen LogP contribution in [0.5, 0.6) is 0 Å². The molecule has 0 aromatic heterocycles. The number of nitrogens with zero attached hydrogens (tertiary/aromatic N) is 1. The van der Waals surface area contributed by atoms with E-state index in [-0.39, 0.29) is 19.4 Å². The first-order chi connectivity index (χ1) is 9.47. The van der Waals surface area contributed by atoms with Crippen LogP contribution >= 0.6 is 11.6 Å². The monoisotopic (exact) mass is 296 g/mol. The number of imide groups is 1. The summed E-state index contributed by atoms with van der Waals surface area (Å²) in [5.74, 6) is -1.39. The Morgan fingerprint density at radius 3 is 2.55 bits per heavy atom. The number of nitrogens with one attached hydrogen (secondary N) is 1. The topological polar surface area (TPSA) is 86.7 Å². The minimum atomic E-state index is -0.997. The quantitative estimate of drug-likeness (QED) is 0.809. The molecule has 2 N–H and O–H groups in total. The Hall–Kier alpha value is -2.08. The fourth-order valence-electron chi connectivity index (χ4n) is 1.96. The summed E-state index contributed by atoms with van der Waals surface area (Å²) < 4.78 is 0. The van der Waals surface area contributed by atoms with Crippen molar-refractivity contribution >= 4 is 29.5 Å². The smallest absolute Gasteiger partial charge is 0.325 e. The van der Waals surface area contributed by atoms with E-state index < -0.39 is 23.9 Å². The van der Waals surface area contributed by atoms with Gasteiger partial charge in [-0.3, -0.25) is 14.5 Å². The number of rotatable bonds is 5. The predicted molar refractivity (Wildman–Crippen MR) is 71.2 cm³/mol. The third kappa shape index (κ3) is 3.27. The van der Waals surface area contributed by atoms with Gasteiger partial charge in [0.15, 0.2) is 0 Å². The molecule has 0 aliphatic carbocycles. The predicted octanol–water partition coefficient (Wildman–Crippen LogP) is 1.63. The maximum atomic E-state index is 12.0. The zero-order chi connectivity index (χ0) is 14.7. The summed E-state index contributed by atoms with van der Waals surface area (Å²) in [6, 6.07) is 5.56. The molecule has 7 heteroatoms. The van der Waals surface area contributed by atoms with Gasteiger partial charge < -0.3 is 10.4 Å². The van der Waals surface area contributed by atoms with Crippen molar-refractivity contribution in [2.75, 3.05) is 0 Å². The third-order valence-corrected chi connectivity index (χ3v) is 3.26. The summed E-state index contributed by atoms with van der Waals surface area (Å²) in [6.45, 7) is 0.144. The zero-order valence-corrected chi connectivity index (χ0v) is 11.3. The lowest BCUT2D eigenvalue weighted by atomic mass is 10.1. The van der Waals surface area contributed by atoms with Gasteiger partial charge in [0.05, 0.1) is 6.54 Å². The van der Waals surface area contributed by atoms with Gasteiger partial charge in [-0.1, -0.05) is 23.7 Å². The largest absolute Gasteiger partial charge is 0.481 e. The molecular weight excluding hydrogens is 284 g/mol. The Bertz CT molecular complexity index is 544. The fraction of sp³-hybridized carbons (Fsp3) is 0.308. The number of halogens is 1. The number of benzene rings is 1. The molecule has 0 spiro atoms. The molecule has 20 heavy (non-hydrogen) atoms. The number of carbonyl (C=O) groups excluding carboxylic acids is 2. The summed E-state index contributed by atoms with van der Waals surface area (Å²) >= 11 is 5.76. The average molecular weight is 297 g/mol. The van der Waals surface area contributed by atoms with Gasteiger partial charge in [0.1, 0.15) is 6.04 Å². The molecule has 1 atom stereocenters. The molecule has 1 heterocycles. The van der Waals surface area contributed by atoms with Gasteiger partial charge in [-0.2, -0.15) is 0 Å². The molecule has 3 amide bonds. The van der Waals surface area contributed by atoms with Gasteiger partial charge in [0, 0.05) is 11.4 Å². The number of aliphatic carboxylic acids is 1. The molecule has 0 saturated carbocycles. The molecular formula is C13H13ClN2O4. The highest BCUT2D eigenvalue weighted by Crippen LogP contribution is 2.16. The number of carboxylic acids is 1. The maximum absolute atomic E-state index is 12.0. The molecule has 1 aromatic rings. The molecule has 1 aromatic carbocycles. The van der Waals surface area contributed by atoms with Gasteiger partial charge in [0.25, 0.3) is 5.91 Å². The molecule has 1 fully saturated rings. The Balaban J connectivity index is 2.01. The summed E-state index contributed by atoms with van der Waals surface area (Å²) in [5, 5.41) is 11.7. The van der Waals surface area contributed by atoms with Crippen molar-refractivity contribution in [3.8, 4) is 0 Å². The lowest BCUT2D eigenvalue weighted by molar-refractivity contribution is -0.137. The normalized spacial score (nSPS) is 18.2. The number of urea groups is 1. The van der Waals surface area contributed by atoms with E-state index in [2.05, 4.69) is 5.32 Å². The van der Waals surface area contributed by atoms with Gasteiger partial charge in [-0.15, -0.1) is 0 Å². The van der Waals surface area contributed by atoms with Crippen molar-refractivity contribution in [2.24, 2.45) is 0 Å². The van der Waals surface area contributed by atoms with Crippen molar-refractivity contribution in [2.45, 2.75) is 25.4 Å². The van der Waals surface area contributed by atoms with Gasteiger partial charge >= 0.3 is 12.0 Å². The highest BCUT2D eigenvalue weighted by atomic mass is 35.5. The summed E-state index contributed by atoms with van der Waals surface area (Å²) in [5.41, 5.74) is 0.775. The minimum absolute atomic E-state index is 0.0943. The van der Waals surface area contributed by atoms with Crippen LogP contribution in [-0.2, 0) is 16.1 Å². The molecule has 0 radical (unpaired) electrons. The molecule has 1 saturated heterocycles. The van der Waals surface area contributed by atoms with Crippen molar-refractivity contribution in [1.29, 1.82) is 0 Å². The third-order valence-electron chi connectivity index (χ3n) is 3.01. The molecule has 2 rings (SSSR count). The Morgan fingerprint density at radius 2 is 1.95 bits per heavy atom. The highest BCUT2D eigenvalue weighted by Gasteiger charge is 2.37. The van der Waals surface area contributed by atoms with Gasteiger partial charge in [0.2, 0.25) is 0 Å². The molecule has 0 unspecified atom stereocenters. The number of amides is 3. The van der Waals surface area contributed by atoms with E-state index in [0.717, 1.165) is 10.5 Å². The van der Waals surface area contributed by atoms with Gasteiger partial charge in [-0.25, -0.2) is 4.79 Å². The van der Waals surface area contributed by atoms with Crippen LogP contribution < -0.4 is 5.32 Å². The highest BCUT2D eigenvalue weighted by molar-refractivity contribution is 6.30. The lowest BCUT2D eigenvalue weighted by Crippen LogP contribution is -2.31. The Morgan fingerprint density at radius 1 is 1.30 bits per heavy atom. The number of carbonyl (C=O) groups is 3. The maximum Gasteiger partial charge on any atom is 0.325 e. The minimum Gasteiger partial charge on any atom is -0.481 e. The van der Waals surface area contributed by atoms with Crippen LogP contribution in [0.3, 0.4) is 0 Å². The Kier molecular flexibility index (Phi) is 4.24. The van der Waals surface area contributed by atoms with Crippen LogP contribution in [0.15, 0.2) is 24.3 Å². The second-order valence-electron chi connectivity index (χ2n) is 4.49. The van der Waals surface area contributed by atoms with Crippen molar-refractivity contribution < 1.29 is 19.5 Å². The van der Waals surface area contributed by atoms with Crippen LogP contribution in [0.1, 0.15) is 18.4 Å². The van der Waals surface area contributed by atoms with Crippen molar-refractivity contribution in [1.82, 2.24) is 10.2 Å². The van der Waals surface area contributed by atoms with E-state index in [0.29, 0.717) is 5.02 Å². The first kappa shape index (κ1) is 14.3. The zero-order valence-electron chi connectivity index (χ0n) is 10.5. The van der Waals surface area contributed by atoms with E-state index in [4.69, 9.17) is 16.7 Å². The number of carboxylic acid groups (broad SMARTS) is 1. The SMILES string of the molecule is O=C(O)CC[C@@H]1NC(=O)N(Cc2ccc(Cl)cc2)C1=O. The first-order valence-corrected chi connectivity index (χ1v) is 6.43. The number of hydrogen-bond donors (Lipinski definition) is 2. The molecule has 0 bridgehead atoms. The number of hydrogen-bond acceptors (Lipinski definition) is 3. The molecule has 1 aliphatic rings. The second-order valence-corrected chi connectivity index (χ2v) is 4.92. The molecule has 6 nitrogen and oxygen atoms in total. The van der Waals surface area contributed by atoms with Crippen LogP contribution in [0.25, 0.3) is 0 Å². The molecule has 1 aliphatic heterocycles. The van der Waals surface area contributed by atoms with Crippen LogP contribution in [0, 0.1) is 0 Å². The second kappa shape index (κ2) is 5.92. The van der Waals surface area contributed by atoms with E-state index in [1.807, 2.05) is 0 Å². The average Bonchev–Trinajstić information content (AvgIpc) is 2.66. The van der Waals surface area contributed by atoms with E-state index in [9.17, 15) is 14.4 Å². The molecule has 106 valence electrons. The summed E-state index contributed by atoms with van der Waals surface area (Å²) in [4.78, 5) is 35.3. The van der Waals surface area contributed by atoms with Gasteiger partial charge in [-0.05, 0) is 24.1 Å². The Labute approximate surface area is 120 Å². The van der Waals surface area contributed by atoms with E-state index in [1.165, 1.54) is 0 Å². The van der Waals surface area contributed by atoms with Crippen LogP contribution in [0.4, 0.5) is 4.79 Å². The van der Waals surface area contributed by atoms with Crippen LogP contribution in [-0.4, -0.2) is 34.0 Å². The van der Waals surface area contributed by atoms with Crippen molar-refractivity contribution in [3.63, 3.8) is 0 Å². The lowest BCUT2D eigenvalue weighted by Gasteiger charge is -2.13. The fourth-order valence-corrected chi connectivity index (χ4v) is 2.09.